The molecule has 0 saturated heterocycles. The van der Waals surface area contributed by atoms with Gasteiger partial charge in [-0.1, -0.05) is 6.07 Å². The Morgan fingerprint density at radius 3 is 2.10 bits per heavy atom. The molecule has 1 N–H and O–H groups in total. The highest BCUT2D eigenvalue weighted by Crippen LogP contribution is 2.29. The number of rotatable bonds is 2. The summed E-state index contributed by atoms with van der Waals surface area (Å²) >= 11 is 0. The maximum absolute atomic E-state index is 13.7. The zero-order valence-corrected chi connectivity index (χ0v) is 10.2. The molecule has 6 heteroatoms. The van der Waals surface area contributed by atoms with E-state index in [1.807, 2.05) is 0 Å². The summed E-state index contributed by atoms with van der Waals surface area (Å²) in [7, 11) is 0. The van der Waals surface area contributed by atoms with Gasteiger partial charge in [0.25, 0.3) is 0 Å². The number of halogens is 5. The van der Waals surface area contributed by atoms with Crippen LogP contribution in [0.2, 0.25) is 0 Å². The van der Waals surface area contributed by atoms with Crippen molar-refractivity contribution in [1.82, 2.24) is 0 Å². The molecule has 0 amide bonds. The van der Waals surface area contributed by atoms with Crippen LogP contribution in [-0.4, -0.2) is 5.11 Å². The number of aliphatic hydroxyl groups is 1. The lowest BCUT2D eigenvalue weighted by molar-refractivity contribution is 0.207. The van der Waals surface area contributed by atoms with Gasteiger partial charge in [-0.25, -0.2) is 22.0 Å². The molecular weight excluding hydrogens is 279 g/mol. The Morgan fingerprint density at radius 1 is 0.800 bits per heavy atom. The quantitative estimate of drug-likeness (QED) is 0.659. The lowest BCUT2D eigenvalue weighted by Crippen LogP contribution is -2.08. The van der Waals surface area contributed by atoms with E-state index in [1.54, 1.807) is 0 Å². The third-order valence-electron chi connectivity index (χ3n) is 2.93. The molecule has 2 aromatic rings. The fourth-order valence-electron chi connectivity index (χ4n) is 1.79. The normalized spacial score (nSPS) is 12.6. The monoisotopic (exact) mass is 288 g/mol. The minimum Gasteiger partial charge on any atom is -0.383 e. The molecular formula is C14H9F5O. The average molecular weight is 288 g/mol. The molecule has 2 rings (SSSR count). The SMILES string of the molecule is Cc1cc(F)c(C(O)c2ccc(F)c(F)c2F)cc1F. The first-order valence-electron chi connectivity index (χ1n) is 5.60. The minimum atomic E-state index is -1.94. The molecule has 0 spiro atoms. The molecule has 1 unspecified atom stereocenters. The lowest BCUT2D eigenvalue weighted by Gasteiger charge is -2.14. The summed E-state index contributed by atoms with van der Waals surface area (Å²) in [6, 6.07) is 2.89. The Bertz CT molecular complexity index is 667. The van der Waals surface area contributed by atoms with Gasteiger partial charge in [-0.05, 0) is 30.7 Å². The van der Waals surface area contributed by atoms with Gasteiger partial charge in [-0.15, -0.1) is 0 Å². The van der Waals surface area contributed by atoms with Gasteiger partial charge in [0.2, 0.25) is 0 Å². The van der Waals surface area contributed by atoms with Gasteiger partial charge >= 0.3 is 0 Å². The standard InChI is InChI=1S/C14H9F5O/c1-6-4-11(17)8(5-10(6)16)14(20)7-2-3-9(15)13(19)12(7)18/h2-5,14,20H,1H3. The largest absolute Gasteiger partial charge is 0.383 e. The summed E-state index contributed by atoms with van der Waals surface area (Å²) in [6.07, 6.45) is -1.94. The summed E-state index contributed by atoms with van der Waals surface area (Å²) in [4.78, 5) is 0. The fourth-order valence-corrected chi connectivity index (χ4v) is 1.79. The predicted octanol–water partition coefficient (Wildman–Crippen LogP) is 3.77. The Kier molecular flexibility index (Phi) is 3.76. The number of hydrogen-bond donors (Lipinski definition) is 1. The predicted molar refractivity (Wildman–Crippen MR) is 61.5 cm³/mol. The summed E-state index contributed by atoms with van der Waals surface area (Å²) in [5, 5.41) is 9.85. The van der Waals surface area contributed by atoms with Crippen molar-refractivity contribution in [2.45, 2.75) is 13.0 Å². The van der Waals surface area contributed by atoms with Gasteiger partial charge in [0.05, 0.1) is 0 Å². The summed E-state index contributed by atoms with van der Waals surface area (Å²) < 4.78 is 66.4. The first-order valence-corrected chi connectivity index (χ1v) is 5.60. The summed E-state index contributed by atoms with van der Waals surface area (Å²) in [6.45, 7) is 1.31. The van der Waals surface area contributed by atoms with E-state index >= 15 is 0 Å². The number of benzene rings is 2. The van der Waals surface area contributed by atoms with Crippen molar-refractivity contribution in [1.29, 1.82) is 0 Å². The third-order valence-corrected chi connectivity index (χ3v) is 2.93. The molecule has 0 aromatic heterocycles. The first kappa shape index (κ1) is 14.5. The molecule has 0 aliphatic heterocycles. The van der Waals surface area contributed by atoms with Crippen molar-refractivity contribution >= 4 is 0 Å². The second-order valence-corrected chi connectivity index (χ2v) is 4.29. The van der Waals surface area contributed by atoms with E-state index in [9.17, 15) is 27.1 Å². The van der Waals surface area contributed by atoms with Crippen molar-refractivity contribution in [2.24, 2.45) is 0 Å². The van der Waals surface area contributed by atoms with Gasteiger partial charge in [0.1, 0.15) is 17.7 Å². The Labute approximate surface area is 111 Å². The highest BCUT2D eigenvalue weighted by atomic mass is 19.2. The molecule has 106 valence electrons. The van der Waals surface area contributed by atoms with Crippen LogP contribution in [0.4, 0.5) is 22.0 Å². The third kappa shape index (κ3) is 2.38. The Hall–Kier alpha value is -1.95. The van der Waals surface area contributed by atoms with Gasteiger partial charge in [0, 0.05) is 11.1 Å². The van der Waals surface area contributed by atoms with Crippen LogP contribution in [0.15, 0.2) is 24.3 Å². The molecule has 0 fully saturated rings. The fraction of sp³-hybridized carbons (Fsp3) is 0.143. The molecule has 2 aromatic carbocycles. The summed E-state index contributed by atoms with van der Waals surface area (Å²) in [5.74, 6) is -6.63. The molecule has 0 radical (unpaired) electrons. The maximum Gasteiger partial charge on any atom is 0.194 e. The highest BCUT2D eigenvalue weighted by molar-refractivity contribution is 5.34. The molecule has 0 aliphatic rings. The van der Waals surface area contributed by atoms with E-state index in [0.717, 1.165) is 12.1 Å². The van der Waals surface area contributed by atoms with Crippen LogP contribution in [0.5, 0.6) is 0 Å². The zero-order chi connectivity index (χ0) is 15.0. The van der Waals surface area contributed by atoms with Crippen molar-refractivity contribution in [3.8, 4) is 0 Å². The second-order valence-electron chi connectivity index (χ2n) is 4.29. The number of aryl methyl sites for hydroxylation is 1. The van der Waals surface area contributed by atoms with E-state index in [2.05, 4.69) is 0 Å². The van der Waals surface area contributed by atoms with E-state index in [-0.39, 0.29) is 5.56 Å². The Balaban J connectivity index is 2.55. The van der Waals surface area contributed by atoms with Crippen molar-refractivity contribution in [2.75, 3.05) is 0 Å². The zero-order valence-electron chi connectivity index (χ0n) is 10.2. The summed E-state index contributed by atoms with van der Waals surface area (Å²) in [5.41, 5.74) is -1.23. The van der Waals surface area contributed by atoms with Crippen LogP contribution in [0.3, 0.4) is 0 Å². The topological polar surface area (TPSA) is 20.2 Å². The van der Waals surface area contributed by atoms with Crippen LogP contribution in [-0.2, 0) is 0 Å². The average Bonchev–Trinajstić information content (AvgIpc) is 2.40. The number of aliphatic hydroxyl groups excluding tert-OH is 1. The highest BCUT2D eigenvalue weighted by Gasteiger charge is 2.23. The van der Waals surface area contributed by atoms with Gasteiger partial charge < -0.3 is 5.11 Å². The van der Waals surface area contributed by atoms with E-state index in [0.29, 0.717) is 12.1 Å². The molecule has 1 atom stereocenters. The number of hydrogen-bond acceptors (Lipinski definition) is 1. The van der Waals surface area contributed by atoms with Crippen molar-refractivity contribution in [3.63, 3.8) is 0 Å². The molecule has 1 nitrogen and oxygen atoms in total. The molecule has 0 aliphatic carbocycles. The van der Waals surface area contributed by atoms with Gasteiger partial charge in [-0.3, -0.25) is 0 Å². The van der Waals surface area contributed by atoms with Crippen molar-refractivity contribution < 1.29 is 27.1 Å². The molecule has 0 heterocycles. The second kappa shape index (κ2) is 5.20. The Morgan fingerprint density at radius 2 is 1.45 bits per heavy atom. The van der Waals surface area contributed by atoms with Crippen LogP contribution < -0.4 is 0 Å². The van der Waals surface area contributed by atoms with E-state index < -0.39 is 46.3 Å². The van der Waals surface area contributed by atoms with E-state index in [4.69, 9.17) is 0 Å². The molecule has 20 heavy (non-hydrogen) atoms. The molecule has 0 saturated carbocycles. The maximum atomic E-state index is 13.7. The minimum absolute atomic E-state index is 0.00390. The van der Waals surface area contributed by atoms with E-state index in [1.165, 1.54) is 6.92 Å². The molecule has 0 bridgehead atoms. The van der Waals surface area contributed by atoms with Crippen LogP contribution in [0.25, 0.3) is 0 Å². The first-order chi connectivity index (χ1) is 9.32. The lowest BCUT2D eigenvalue weighted by atomic mass is 9.99. The van der Waals surface area contributed by atoms with Gasteiger partial charge in [0.15, 0.2) is 17.5 Å². The van der Waals surface area contributed by atoms with Crippen LogP contribution in [0.1, 0.15) is 22.8 Å². The van der Waals surface area contributed by atoms with Crippen molar-refractivity contribution in [3.05, 3.63) is 70.0 Å². The van der Waals surface area contributed by atoms with Crippen LogP contribution >= 0.6 is 0 Å². The van der Waals surface area contributed by atoms with Gasteiger partial charge in [-0.2, -0.15) is 0 Å². The van der Waals surface area contributed by atoms with Crippen LogP contribution in [0, 0.1) is 36.0 Å². The smallest absolute Gasteiger partial charge is 0.194 e.